The summed E-state index contributed by atoms with van der Waals surface area (Å²) in [5.41, 5.74) is -0.311. The van der Waals surface area contributed by atoms with Crippen molar-refractivity contribution in [1.82, 2.24) is 9.47 Å². The molecule has 1 saturated heterocycles. The molecule has 1 aliphatic heterocycles. The number of carbonyl (C=O) groups excluding carboxylic acids is 1. The van der Waals surface area contributed by atoms with Gasteiger partial charge in [0.25, 0.3) is 0 Å². The van der Waals surface area contributed by atoms with Gasteiger partial charge in [-0.1, -0.05) is 24.2 Å². The highest BCUT2D eigenvalue weighted by Crippen LogP contribution is 2.42. The first-order valence-electron chi connectivity index (χ1n) is 11.9. The van der Waals surface area contributed by atoms with Crippen molar-refractivity contribution in [2.45, 2.75) is 63.2 Å². The minimum absolute atomic E-state index is 0.00499. The SMILES string of the molecule is C=C(c1c(F)cn(C2CCN(C(=O)OC(C)(C)C)CC2)c1/N=C\C)C(O)c1ccc(S(C)(=O)=O)cc1Cl. The number of likely N-dealkylation sites (tertiary alicyclic amines) is 1. The molecule has 202 valence electrons. The number of benzene rings is 1. The van der Waals surface area contributed by atoms with Gasteiger partial charge in [0.05, 0.1) is 10.5 Å². The number of amides is 1. The topological polar surface area (TPSA) is 101 Å². The van der Waals surface area contributed by atoms with Gasteiger partial charge in [-0.2, -0.15) is 0 Å². The quantitative estimate of drug-likeness (QED) is 0.461. The number of aromatic nitrogens is 1. The Morgan fingerprint density at radius 3 is 2.46 bits per heavy atom. The summed E-state index contributed by atoms with van der Waals surface area (Å²) >= 11 is 6.27. The third-order valence-electron chi connectivity index (χ3n) is 6.07. The average molecular weight is 554 g/mol. The average Bonchev–Trinajstić information content (AvgIpc) is 3.12. The van der Waals surface area contributed by atoms with Gasteiger partial charge in [-0.25, -0.2) is 22.6 Å². The lowest BCUT2D eigenvalue weighted by Gasteiger charge is -2.34. The number of ether oxygens (including phenoxy) is 1. The first kappa shape index (κ1) is 28.9. The van der Waals surface area contributed by atoms with Crippen molar-refractivity contribution < 1.29 is 27.4 Å². The Morgan fingerprint density at radius 1 is 1.32 bits per heavy atom. The van der Waals surface area contributed by atoms with E-state index in [0.717, 1.165) is 6.26 Å². The molecule has 2 aromatic rings. The van der Waals surface area contributed by atoms with Crippen molar-refractivity contribution in [1.29, 1.82) is 0 Å². The number of piperidine rings is 1. The summed E-state index contributed by atoms with van der Waals surface area (Å²) in [4.78, 5) is 18.4. The molecule has 0 saturated carbocycles. The third-order valence-corrected chi connectivity index (χ3v) is 7.50. The smallest absolute Gasteiger partial charge is 0.410 e. The Hall–Kier alpha value is -2.69. The molecule has 3 rings (SSSR count). The van der Waals surface area contributed by atoms with Gasteiger partial charge in [0.1, 0.15) is 17.5 Å². The molecule has 0 bridgehead atoms. The number of nitrogens with zero attached hydrogens (tertiary/aromatic N) is 3. The zero-order valence-electron chi connectivity index (χ0n) is 21.7. The third kappa shape index (κ3) is 6.61. The van der Waals surface area contributed by atoms with Gasteiger partial charge in [-0.3, -0.25) is 0 Å². The number of aliphatic imine (C=N–C) groups is 1. The van der Waals surface area contributed by atoms with Crippen molar-refractivity contribution in [3.05, 3.63) is 52.9 Å². The van der Waals surface area contributed by atoms with E-state index in [0.29, 0.717) is 31.7 Å². The van der Waals surface area contributed by atoms with E-state index < -0.39 is 27.4 Å². The van der Waals surface area contributed by atoms with Gasteiger partial charge in [-0.05, 0) is 58.2 Å². The summed E-state index contributed by atoms with van der Waals surface area (Å²) in [6, 6.07) is 3.83. The highest BCUT2D eigenvalue weighted by atomic mass is 35.5. The molecule has 8 nitrogen and oxygen atoms in total. The van der Waals surface area contributed by atoms with Crippen LogP contribution in [-0.2, 0) is 14.6 Å². The van der Waals surface area contributed by atoms with Crippen LogP contribution in [0.3, 0.4) is 0 Å². The first-order valence-corrected chi connectivity index (χ1v) is 14.1. The summed E-state index contributed by atoms with van der Waals surface area (Å²) < 4.78 is 46.1. The standard InChI is InChI=1S/C26H33ClFN3O5S/c1-7-29-24-22(16(2)23(32)19-9-8-18(14-20(19)27)37(6,34)35)21(28)15-31(24)17-10-12-30(13-11-17)25(33)36-26(3,4)5/h7-9,14-15,17,23,32H,2,10-13H2,1,3-6H3/b29-7-. The summed E-state index contributed by atoms with van der Waals surface area (Å²) in [5, 5.41) is 11.0. The van der Waals surface area contributed by atoms with E-state index in [1.165, 1.54) is 30.6 Å². The molecule has 1 atom stereocenters. The second kappa shape index (κ2) is 11.0. The lowest BCUT2D eigenvalue weighted by atomic mass is 9.97. The highest BCUT2D eigenvalue weighted by molar-refractivity contribution is 7.90. The molecule has 0 radical (unpaired) electrons. The maximum Gasteiger partial charge on any atom is 0.410 e. The number of hydrogen-bond acceptors (Lipinski definition) is 6. The van der Waals surface area contributed by atoms with Crippen LogP contribution in [0, 0.1) is 5.82 Å². The summed E-state index contributed by atoms with van der Waals surface area (Å²) in [6.07, 6.45) is 3.26. The molecule has 0 spiro atoms. The molecule has 1 unspecified atom stereocenters. The second-order valence-electron chi connectivity index (χ2n) is 10.1. The summed E-state index contributed by atoms with van der Waals surface area (Å²) in [7, 11) is -3.49. The Balaban J connectivity index is 1.87. The number of sulfone groups is 1. The number of rotatable bonds is 6. The van der Waals surface area contributed by atoms with Crippen LogP contribution in [0.5, 0.6) is 0 Å². The molecule has 1 aromatic carbocycles. The molecule has 2 heterocycles. The lowest BCUT2D eigenvalue weighted by molar-refractivity contribution is 0.0189. The Bertz CT molecular complexity index is 1320. The van der Waals surface area contributed by atoms with Crippen LogP contribution in [0.1, 0.15) is 63.8 Å². The molecule has 0 aliphatic carbocycles. The summed E-state index contributed by atoms with van der Waals surface area (Å²) in [6.45, 7) is 11.9. The molecule has 1 N–H and O–H groups in total. The second-order valence-corrected chi connectivity index (χ2v) is 12.5. The van der Waals surface area contributed by atoms with E-state index in [9.17, 15) is 18.3 Å². The highest BCUT2D eigenvalue weighted by Gasteiger charge is 2.31. The Labute approximate surface area is 222 Å². The van der Waals surface area contributed by atoms with E-state index in [2.05, 4.69) is 11.6 Å². The van der Waals surface area contributed by atoms with Gasteiger partial charge in [0, 0.05) is 48.4 Å². The zero-order valence-corrected chi connectivity index (χ0v) is 23.2. The molecule has 1 aromatic heterocycles. The van der Waals surface area contributed by atoms with E-state index in [1.807, 2.05) is 20.8 Å². The Morgan fingerprint density at radius 2 is 1.95 bits per heavy atom. The molecule has 37 heavy (non-hydrogen) atoms. The van der Waals surface area contributed by atoms with E-state index in [1.54, 1.807) is 16.4 Å². The number of aliphatic hydroxyl groups is 1. The predicted molar refractivity (Wildman–Crippen MR) is 143 cm³/mol. The largest absolute Gasteiger partial charge is 0.444 e. The monoisotopic (exact) mass is 553 g/mol. The fourth-order valence-electron chi connectivity index (χ4n) is 4.25. The Kier molecular flexibility index (Phi) is 8.56. The van der Waals surface area contributed by atoms with Crippen LogP contribution < -0.4 is 0 Å². The van der Waals surface area contributed by atoms with Gasteiger partial charge >= 0.3 is 6.09 Å². The predicted octanol–water partition coefficient (Wildman–Crippen LogP) is 5.73. The lowest BCUT2D eigenvalue weighted by Crippen LogP contribution is -2.42. The number of hydrogen-bond donors (Lipinski definition) is 1. The van der Waals surface area contributed by atoms with Gasteiger partial charge in [0.2, 0.25) is 0 Å². The van der Waals surface area contributed by atoms with E-state index in [4.69, 9.17) is 16.3 Å². The maximum absolute atomic E-state index is 15.3. The van der Waals surface area contributed by atoms with E-state index in [-0.39, 0.29) is 38.8 Å². The maximum atomic E-state index is 15.3. The number of aliphatic hydroxyl groups excluding tert-OH is 1. The van der Waals surface area contributed by atoms with Crippen LogP contribution in [-0.4, -0.2) is 60.2 Å². The fraction of sp³-hybridized carbons (Fsp3) is 0.462. The fourth-order valence-corrected chi connectivity index (χ4v) is 5.25. The number of carbonyl (C=O) groups is 1. The normalized spacial score (nSPS) is 16.3. The van der Waals surface area contributed by atoms with Crippen LogP contribution in [0.2, 0.25) is 5.02 Å². The minimum atomic E-state index is -3.49. The van der Waals surface area contributed by atoms with Crippen LogP contribution >= 0.6 is 11.6 Å². The van der Waals surface area contributed by atoms with Gasteiger partial charge in [-0.15, -0.1) is 0 Å². The van der Waals surface area contributed by atoms with Crippen molar-refractivity contribution >= 4 is 45.1 Å². The van der Waals surface area contributed by atoms with Crippen LogP contribution in [0.25, 0.3) is 5.57 Å². The van der Waals surface area contributed by atoms with Crippen molar-refractivity contribution in [2.24, 2.45) is 4.99 Å². The number of halogens is 2. The zero-order chi connectivity index (χ0) is 27.7. The van der Waals surface area contributed by atoms with Crippen molar-refractivity contribution in [3.8, 4) is 0 Å². The molecule has 11 heteroatoms. The van der Waals surface area contributed by atoms with Crippen molar-refractivity contribution in [2.75, 3.05) is 19.3 Å². The first-order chi connectivity index (χ1) is 17.1. The van der Waals surface area contributed by atoms with E-state index >= 15 is 4.39 Å². The molecule has 1 aliphatic rings. The minimum Gasteiger partial charge on any atom is -0.444 e. The molecular weight excluding hydrogens is 521 g/mol. The van der Waals surface area contributed by atoms with Crippen molar-refractivity contribution in [3.63, 3.8) is 0 Å². The summed E-state index contributed by atoms with van der Waals surface area (Å²) in [5.74, 6) is -0.313. The van der Waals surface area contributed by atoms with Crippen LogP contribution in [0.4, 0.5) is 15.0 Å². The molecular formula is C26H33ClFN3O5S. The van der Waals surface area contributed by atoms with Gasteiger partial charge < -0.3 is 19.3 Å². The molecule has 1 amide bonds. The molecule has 1 fully saturated rings. The van der Waals surface area contributed by atoms with Crippen LogP contribution in [0.15, 0.2) is 40.9 Å². The van der Waals surface area contributed by atoms with Gasteiger partial charge in [0.15, 0.2) is 15.7 Å².